The fraction of sp³-hybridized carbons (Fsp3) is 0.824. The smallest absolute Gasteiger partial charge is 0.0762 e. The normalized spacial score (nSPS) is 18.3. The Kier molecular flexibility index (Phi) is 6.56. The fourth-order valence-corrected chi connectivity index (χ4v) is 3.81. The van der Waals surface area contributed by atoms with Gasteiger partial charge in [-0.1, -0.05) is 33.1 Å². The summed E-state index contributed by atoms with van der Waals surface area (Å²) in [5.74, 6) is 0.780. The summed E-state index contributed by atoms with van der Waals surface area (Å²) in [4.78, 5) is 0. The monoisotopic (exact) mass is 311 g/mol. The quantitative estimate of drug-likeness (QED) is 0.715. The molecule has 1 saturated carbocycles. The second-order valence-corrected chi connectivity index (χ2v) is 6.82. The summed E-state index contributed by atoms with van der Waals surface area (Å²) in [6.07, 6.45) is 11.0. The lowest BCUT2D eigenvalue weighted by Gasteiger charge is -2.35. The Morgan fingerprint density at radius 1 is 1.29 bits per heavy atom. The maximum absolute atomic E-state index is 6.24. The van der Waals surface area contributed by atoms with Gasteiger partial charge in [0.15, 0.2) is 0 Å². The van der Waals surface area contributed by atoms with Crippen molar-refractivity contribution in [2.45, 2.75) is 71.4 Å². The standard InChI is InChI=1S/C17H30ClN3/c1-3-16(4-2)21-11-8-15(20-21)12-19-14-17(13-18)9-6-5-7-10-17/h8,11,16,19H,3-7,9-10,12-14H2,1-2H3. The molecule has 0 atom stereocenters. The molecule has 1 aliphatic carbocycles. The van der Waals surface area contributed by atoms with E-state index in [9.17, 15) is 0 Å². The van der Waals surface area contributed by atoms with Crippen LogP contribution in [0.3, 0.4) is 0 Å². The number of nitrogens with one attached hydrogen (secondary N) is 1. The first-order chi connectivity index (χ1) is 10.2. The number of aromatic nitrogens is 2. The van der Waals surface area contributed by atoms with Crippen molar-refractivity contribution in [1.82, 2.24) is 15.1 Å². The molecule has 1 N–H and O–H groups in total. The van der Waals surface area contributed by atoms with Crippen LogP contribution in [0.2, 0.25) is 0 Å². The molecule has 2 rings (SSSR count). The molecular weight excluding hydrogens is 282 g/mol. The highest BCUT2D eigenvalue weighted by molar-refractivity contribution is 6.18. The first-order valence-corrected chi connectivity index (χ1v) is 9.07. The Labute approximate surface area is 134 Å². The molecule has 0 spiro atoms. The first kappa shape index (κ1) is 16.8. The third-order valence-corrected chi connectivity index (χ3v) is 5.55. The molecule has 1 aliphatic rings. The highest BCUT2D eigenvalue weighted by Gasteiger charge is 2.30. The van der Waals surface area contributed by atoms with E-state index in [0.717, 1.165) is 37.5 Å². The Bertz CT molecular complexity index is 406. The van der Waals surface area contributed by atoms with Crippen LogP contribution in [-0.4, -0.2) is 22.2 Å². The summed E-state index contributed by atoms with van der Waals surface area (Å²) < 4.78 is 2.12. The molecule has 4 heteroatoms. The lowest BCUT2D eigenvalue weighted by Crippen LogP contribution is -2.37. The summed E-state index contributed by atoms with van der Waals surface area (Å²) in [7, 11) is 0. The average molecular weight is 312 g/mol. The molecule has 1 aromatic heterocycles. The van der Waals surface area contributed by atoms with Gasteiger partial charge in [0, 0.05) is 25.2 Å². The molecule has 1 heterocycles. The summed E-state index contributed by atoms with van der Waals surface area (Å²) in [5, 5.41) is 8.30. The van der Waals surface area contributed by atoms with Crippen molar-refractivity contribution >= 4 is 11.6 Å². The molecule has 0 amide bonds. The van der Waals surface area contributed by atoms with Crippen molar-refractivity contribution in [3.63, 3.8) is 0 Å². The maximum Gasteiger partial charge on any atom is 0.0762 e. The number of hydrogen-bond acceptors (Lipinski definition) is 2. The predicted octanol–water partition coefficient (Wildman–Crippen LogP) is 4.52. The van der Waals surface area contributed by atoms with E-state index in [1.54, 1.807) is 0 Å². The van der Waals surface area contributed by atoms with Gasteiger partial charge >= 0.3 is 0 Å². The minimum atomic E-state index is 0.317. The molecule has 21 heavy (non-hydrogen) atoms. The summed E-state index contributed by atoms with van der Waals surface area (Å²) in [6.45, 7) is 6.32. The molecule has 1 fully saturated rings. The van der Waals surface area contributed by atoms with Crippen LogP contribution in [0.15, 0.2) is 12.3 Å². The van der Waals surface area contributed by atoms with Crippen LogP contribution in [0, 0.1) is 5.41 Å². The van der Waals surface area contributed by atoms with Gasteiger partial charge in [-0.05, 0) is 37.2 Å². The van der Waals surface area contributed by atoms with Gasteiger partial charge in [-0.3, -0.25) is 4.68 Å². The van der Waals surface area contributed by atoms with Crippen molar-refractivity contribution in [2.75, 3.05) is 12.4 Å². The summed E-state index contributed by atoms with van der Waals surface area (Å²) >= 11 is 6.24. The van der Waals surface area contributed by atoms with Gasteiger partial charge in [0.25, 0.3) is 0 Å². The van der Waals surface area contributed by atoms with E-state index >= 15 is 0 Å². The van der Waals surface area contributed by atoms with E-state index in [1.807, 2.05) is 0 Å². The molecule has 0 saturated heterocycles. The minimum absolute atomic E-state index is 0.317. The van der Waals surface area contributed by atoms with Crippen LogP contribution in [0.25, 0.3) is 0 Å². The first-order valence-electron chi connectivity index (χ1n) is 8.53. The Balaban J connectivity index is 1.83. The Morgan fingerprint density at radius 2 is 2.00 bits per heavy atom. The van der Waals surface area contributed by atoms with E-state index in [4.69, 9.17) is 16.7 Å². The zero-order chi connectivity index (χ0) is 15.1. The number of hydrogen-bond donors (Lipinski definition) is 1. The molecule has 0 aromatic carbocycles. The number of halogens is 1. The lowest BCUT2D eigenvalue weighted by molar-refractivity contribution is 0.211. The number of alkyl halides is 1. The van der Waals surface area contributed by atoms with Crippen molar-refractivity contribution < 1.29 is 0 Å². The van der Waals surface area contributed by atoms with Gasteiger partial charge in [-0.15, -0.1) is 11.6 Å². The second kappa shape index (κ2) is 8.19. The third-order valence-electron chi connectivity index (χ3n) is 4.98. The predicted molar refractivity (Wildman–Crippen MR) is 89.8 cm³/mol. The van der Waals surface area contributed by atoms with E-state index in [-0.39, 0.29) is 0 Å². The van der Waals surface area contributed by atoms with Crippen LogP contribution in [0.4, 0.5) is 0 Å². The van der Waals surface area contributed by atoms with Gasteiger partial charge < -0.3 is 5.32 Å². The van der Waals surface area contributed by atoms with Gasteiger partial charge in [0.05, 0.1) is 11.7 Å². The molecule has 0 bridgehead atoms. The zero-order valence-electron chi connectivity index (χ0n) is 13.6. The fourth-order valence-electron chi connectivity index (χ4n) is 3.45. The van der Waals surface area contributed by atoms with Crippen molar-refractivity contribution in [3.05, 3.63) is 18.0 Å². The topological polar surface area (TPSA) is 29.9 Å². The minimum Gasteiger partial charge on any atom is -0.311 e. The summed E-state index contributed by atoms with van der Waals surface area (Å²) in [6, 6.07) is 2.67. The van der Waals surface area contributed by atoms with Crippen LogP contribution < -0.4 is 5.32 Å². The SMILES string of the molecule is CCC(CC)n1ccc(CNCC2(CCl)CCCCC2)n1. The third kappa shape index (κ3) is 4.46. The van der Waals surface area contributed by atoms with Crippen LogP contribution in [0.5, 0.6) is 0 Å². The van der Waals surface area contributed by atoms with Gasteiger partial charge in [0.2, 0.25) is 0 Å². The van der Waals surface area contributed by atoms with E-state index in [0.29, 0.717) is 11.5 Å². The molecule has 3 nitrogen and oxygen atoms in total. The molecule has 1 aromatic rings. The molecular formula is C17H30ClN3. The van der Waals surface area contributed by atoms with E-state index < -0.39 is 0 Å². The maximum atomic E-state index is 6.24. The molecule has 0 radical (unpaired) electrons. The van der Waals surface area contributed by atoms with E-state index in [1.165, 1.54) is 32.1 Å². The number of nitrogens with zero attached hydrogens (tertiary/aromatic N) is 2. The molecule has 120 valence electrons. The van der Waals surface area contributed by atoms with Crippen molar-refractivity contribution in [1.29, 1.82) is 0 Å². The lowest BCUT2D eigenvalue weighted by atomic mass is 9.75. The van der Waals surface area contributed by atoms with Crippen molar-refractivity contribution in [2.24, 2.45) is 5.41 Å². The molecule has 0 aliphatic heterocycles. The second-order valence-electron chi connectivity index (χ2n) is 6.56. The largest absolute Gasteiger partial charge is 0.311 e. The highest BCUT2D eigenvalue weighted by atomic mass is 35.5. The summed E-state index contributed by atoms with van der Waals surface area (Å²) in [5.41, 5.74) is 1.46. The Hall–Kier alpha value is -0.540. The Morgan fingerprint density at radius 3 is 2.62 bits per heavy atom. The van der Waals surface area contributed by atoms with Crippen LogP contribution in [0.1, 0.15) is 70.5 Å². The average Bonchev–Trinajstić information content (AvgIpc) is 2.98. The number of rotatable bonds is 8. The van der Waals surface area contributed by atoms with Crippen LogP contribution in [-0.2, 0) is 6.54 Å². The van der Waals surface area contributed by atoms with Gasteiger partial charge in [-0.2, -0.15) is 5.10 Å². The van der Waals surface area contributed by atoms with E-state index in [2.05, 4.69) is 36.1 Å². The highest BCUT2D eigenvalue weighted by Crippen LogP contribution is 2.36. The zero-order valence-corrected chi connectivity index (χ0v) is 14.3. The van der Waals surface area contributed by atoms with Crippen LogP contribution >= 0.6 is 11.6 Å². The van der Waals surface area contributed by atoms with Crippen molar-refractivity contribution in [3.8, 4) is 0 Å². The van der Waals surface area contributed by atoms with Gasteiger partial charge in [-0.25, -0.2) is 0 Å². The van der Waals surface area contributed by atoms with Gasteiger partial charge in [0.1, 0.15) is 0 Å². The molecule has 0 unspecified atom stereocenters.